The summed E-state index contributed by atoms with van der Waals surface area (Å²) in [6.45, 7) is 4.69. The predicted octanol–water partition coefficient (Wildman–Crippen LogP) is 2.56. The second-order valence-electron chi connectivity index (χ2n) is 4.29. The minimum Gasteiger partial charge on any atom is -0.468 e. The number of nitrogens with one attached hydrogen (secondary N) is 1. The van der Waals surface area contributed by atoms with Gasteiger partial charge in [0.1, 0.15) is 11.8 Å². The number of esters is 1. The Labute approximate surface area is 115 Å². The van der Waals surface area contributed by atoms with Gasteiger partial charge >= 0.3 is 5.97 Å². The van der Waals surface area contributed by atoms with Gasteiger partial charge in [-0.2, -0.15) is 0 Å². The van der Waals surface area contributed by atoms with Gasteiger partial charge in [-0.3, -0.25) is 10.1 Å². The average Bonchev–Trinajstić information content (AvgIpc) is 2.68. The molecular formula is C12H18INO3. The zero-order valence-electron chi connectivity index (χ0n) is 10.3. The second kappa shape index (κ2) is 7.00. The molecule has 5 heteroatoms. The highest BCUT2D eigenvalue weighted by Crippen LogP contribution is 2.11. The van der Waals surface area contributed by atoms with Crippen molar-refractivity contribution >= 4 is 28.6 Å². The summed E-state index contributed by atoms with van der Waals surface area (Å²) >= 11 is 2.11. The first-order valence-corrected chi connectivity index (χ1v) is 6.66. The molecule has 4 nitrogen and oxygen atoms in total. The normalized spacial score (nSPS) is 12.8. The lowest BCUT2D eigenvalue weighted by Gasteiger charge is -2.17. The Morgan fingerprint density at radius 2 is 2.24 bits per heavy atom. The van der Waals surface area contributed by atoms with E-state index in [1.165, 1.54) is 7.11 Å². The summed E-state index contributed by atoms with van der Waals surface area (Å²) < 4.78 is 11.0. The number of ether oxygens (including phenoxy) is 1. The Bertz CT molecular complexity index is 362. The smallest absolute Gasteiger partial charge is 0.322 e. The van der Waals surface area contributed by atoms with Crippen molar-refractivity contribution in [2.45, 2.75) is 32.9 Å². The molecule has 0 aliphatic heterocycles. The van der Waals surface area contributed by atoms with Crippen LogP contribution in [0.5, 0.6) is 0 Å². The zero-order valence-corrected chi connectivity index (χ0v) is 12.5. The molecule has 1 aromatic rings. The molecule has 1 aromatic heterocycles. The lowest BCUT2D eigenvalue weighted by molar-refractivity contribution is -0.143. The fourth-order valence-corrected chi connectivity index (χ4v) is 2.01. The van der Waals surface area contributed by atoms with Gasteiger partial charge in [-0.05, 0) is 47.1 Å². The molecule has 0 spiro atoms. The van der Waals surface area contributed by atoms with Crippen LogP contribution in [0.25, 0.3) is 0 Å². The van der Waals surface area contributed by atoms with Gasteiger partial charge in [0.15, 0.2) is 3.77 Å². The van der Waals surface area contributed by atoms with Gasteiger partial charge in [0.05, 0.1) is 13.7 Å². The van der Waals surface area contributed by atoms with Gasteiger partial charge in [0.2, 0.25) is 0 Å². The second-order valence-corrected chi connectivity index (χ2v) is 5.36. The number of hydrogen-bond acceptors (Lipinski definition) is 4. The van der Waals surface area contributed by atoms with Crippen LogP contribution in [-0.4, -0.2) is 19.1 Å². The number of hydrogen-bond donors (Lipinski definition) is 1. The van der Waals surface area contributed by atoms with Crippen molar-refractivity contribution in [2.24, 2.45) is 5.92 Å². The average molecular weight is 351 g/mol. The van der Waals surface area contributed by atoms with Crippen molar-refractivity contribution in [2.75, 3.05) is 7.11 Å². The predicted molar refractivity (Wildman–Crippen MR) is 73.5 cm³/mol. The number of halogens is 1. The van der Waals surface area contributed by atoms with Crippen molar-refractivity contribution in [3.63, 3.8) is 0 Å². The summed E-state index contributed by atoms with van der Waals surface area (Å²) in [6.07, 6.45) is 0.754. The van der Waals surface area contributed by atoms with E-state index in [-0.39, 0.29) is 12.0 Å². The standard InChI is InChI=1S/C12H18INO3/c1-8(2)6-10(12(15)16-3)14-7-9-4-5-11(13)17-9/h4-5,8,10,14H,6-7H2,1-3H3. The van der Waals surface area contributed by atoms with Crippen LogP contribution in [0.3, 0.4) is 0 Å². The third kappa shape index (κ3) is 5.08. The molecule has 0 aliphatic rings. The Balaban J connectivity index is 2.51. The number of methoxy groups -OCH3 is 1. The summed E-state index contributed by atoms with van der Waals surface area (Å²) in [5.41, 5.74) is 0. The summed E-state index contributed by atoms with van der Waals surface area (Å²) in [7, 11) is 1.41. The van der Waals surface area contributed by atoms with E-state index in [9.17, 15) is 4.79 Å². The molecule has 1 heterocycles. The molecular weight excluding hydrogens is 333 g/mol. The van der Waals surface area contributed by atoms with Gasteiger partial charge < -0.3 is 9.15 Å². The fraction of sp³-hybridized carbons (Fsp3) is 0.583. The molecule has 0 fully saturated rings. The van der Waals surface area contributed by atoms with Crippen LogP contribution >= 0.6 is 22.6 Å². The summed E-state index contributed by atoms with van der Waals surface area (Å²) in [5, 5.41) is 3.16. The molecule has 0 amide bonds. The molecule has 0 radical (unpaired) electrons. The maximum Gasteiger partial charge on any atom is 0.322 e. The molecule has 96 valence electrons. The van der Waals surface area contributed by atoms with E-state index in [1.807, 2.05) is 12.1 Å². The van der Waals surface area contributed by atoms with Gasteiger partial charge in [0, 0.05) is 0 Å². The SMILES string of the molecule is COC(=O)C(CC(C)C)NCc1ccc(I)o1. The van der Waals surface area contributed by atoms with Crippen molar-refractivity contribution in [3.05, 3.63) is 21.7 Å². The van der Waals surface area contributed by atoms with Crippen LogP contribution < -0.4 is 5.32 Å². The topological polar surface area (TPSA) is 51.5 Å². The minimum absolute atomic E-state index is 0.222. The van der Waals surface area contributed by atoms with E-state index in [2.05, 4.69) is 41.8 Å². The van der Waals surface area contributed by atoms with Crippen LogP contribution in [0.4, 0.5) is 0 Å². The van der Waals surface area contributed by atoms with Crippen molar-refractivity contribution in [3.8, 4) is 0 Å². The Morgan fingerprint density at radius 1 is 1.53 bits per heavy atom. The third-order valence-electron chi connectivity index (χ3n) is 2.34. The van der Waals surface area contributed by atoms with E-state index in [0.29, 0.717) is 12.5 Å². The van der Waals surface area contributed by atoms with E-state index in [4.69, 9.17) is 9.15 Å². The van der Waals surface area contributed by atoms with Crippen molar-refractivity contribution < 1.29 is 13.9 Å². The summed E-state index contributed by atoms with van der Waals surface area (Å²) in [5.74, 6) is 1.04. The fourth-order valence-electron chi connectivity index (χ4n) is 1.55. The summed E-state index contributed by atoms with van der Waals surface area (Å²) in [6, 6.07) is 3.52. The lowest BCUT2D eigenvalue weighted by atomic mass is 10.0. The molecule has 0 bridgehead atoms. The van der Waals surface area contributed by atoms with Crippen LogP contribution in [0.2, 0.25) is 0 Å². The Kier molecular flexibility index (Phi) is 5.97. The van der Waals surface area contributed by atoms with Gasteiger partial charge in [0.25, 0.3) is 0 Å². The zero-order chi connectivity index (χ0) is 12.8. The molecule has 1 rings (SSSR count). The molecule has 0 aliphatic carbocycles. The lowest BCUT2D eigenvalue weighted by Crippen LogP contribution is -2.38. The number of carbonyl (C=O) groups excluding carboxylic acids is 1. The van der Waals surface area contributed by atoms with Crippen LogP contribution in [0, 0.1) is 9.68 Å². The van der Waals surface area contributed by atoms with Crippen molar-refractivity contribution in [1.29, 1.82) is 0 Å². The highest BCUT2D eigenvalue weighted by atomic mass is 127. The van der Waals surface area contributed by atoms with Crippen LogP contribution in [-0.2, 0) is 16.1 Å². The molecule has 0 saturated carbocycles. The van der Waals surface area contributed by atoms with E-state index in [1.54, 1.807) is 0 Å². The first-order valence-electron chi connectivity index (χ1n) is 5.58. The quantitative estimate of drug-likeness (QED) is 0.632. The monoisotopic (exact) mass is 351 g/mol. The van der Waals surface area contributed by atoms with Crippen LogP contribution in [0.15, 0.2) is 16.5 Å². The molecule has 17 heavy (non-hydrogen) atoms. The number of rotatable bonds is 6. The first kappa shape index (κ1) is 14.5. The molecule has 0 aromatic carbocycles. The van der Waals surface area contributed by atoms with Crippen molar-refractivity contribution in [1.82, 2.24) is 5.32 Å². The molecule has 1 atom stereocenters. The highest BCUT2D eigenvalue weighted by Gasteiger charge is 2.20. The molecule has 1 unspecified atom stereocenters. The molecule has 1 N–H and O–H groups in total. The Morgan fingerprint density at radius 3 is 2.71 bits per heavy atom. The van der Waals surface area contributed by atoms with Gasteiger partial charge in [-0.15, -0.1) is 0 Å². The molecule has 0 saturated heterocycles. The summed E-state index contributed by atoms with van der Waals surface area (Å²) in [4.78, 5) is 11.6. The number of carbonyl (C=O) groups is 1. The van der Waals surface area contributed by atoms with E-state index in [0.717, 1.165) is 15.9 Å². The third-order valence-corrected chi connectivity index (χ3v) is 2.92. The van der Waals surface area contributed by atoms with Gasteiger partial charge in [-0.25, -0.2) is 0 Å². The highest BCUT2D eigenvalue weighted by molar-refractivity contribution is 14.1. The van der Waals surface area contributed by atoms with Gasteiger partial charge in [-0.1, -0.05) is 13.8 Å². The Hall–Kier alpha value is -0.560. The minimum atomic E-state index is -0.275. The first-order chi connectivity index (χ1) is 8.02. The maximum atomic E-state index is 11.6. The maximum absolute atomic E-state index is 11.6. The van der Waals surface area contributed by atoms with E-state index >= 15 is 0 Å². The van der Waals surface area contributed by atoms with E-state index < -0.39 is 0 Å². The largest absolute Gasteiger partial charge is 0.468 e. The number of furan rings is 1. The van der Waals surface area contributed by atoms with Crippen LogP contribution in [0.1, 0.15) is 26.0 Å².